The van der Waals surface area contributed by atoms with Gasteiger partial charge in [-0.15, -0.1) is 24.0 Å². The van der Waals surface area contributed by atoms with Crippen molar-refractivity contribution in [3.8, 4) is 0 Å². The van der Waals surface area contributed by atoms with E-state index in [4.69, 9.17) is 29.4 Å². The van der Waals surface area contributed by atoms with Crippen LogP contribution in [-0.2, 0) is 19.1 Å². The molecule has 0 atom stereocenters. The SMILES string of the molecule is CC(C)(N)CN.CC(C)(N)CNC(=O)OC(C)(C)C.CC1(C)CNCC(=O)C1.CCC(=O)CC(C)(C)CNC(=O)OC(C)(C)C.I.[2H]C1([2H])CNCC(C)(C)C1.[HH]. The number of ether oxygens (including phenoxy) is 2. The number of carbonyl (C=O) groups is 4. The number of piperidine rings is 2. The zero-order valence-electron chi connectivity index (χ0n) is 39.4. The fourth-order valence-corrected chi connectivity index (χ4v) is 4.11. The predicted molar refractivity (Wildman–Crippen MR) is 237 cm³/mol. The van der Waals surface area contributed by atoms with E-state index in [1.165, 1.54) is 0 Å². The minimum absolute atomic E-state index is 0. The van der Waals surface area contributed by atoms with Gasteiger partial charge in [-0.25, -0.2) is 9.59 Å². The van der Waals surface area contributed by atoms with E-state index in [9.17, 15) is 19.2 Å². The van der Waals surface area contributed by atoms with Gasteiger partial charge in [0.25, 0.3) is 0 Å². The van der Waals surface area contributed by atoms with Crippen LogP contribution in [0.25, 0.3) is 0 Å². The fraction of sp³-hybridized carbons (Fsp3) is 0.900. The van der Waals surface area contributed by atoms with Gasteiger partial charge in [-0.05, 0) is 105 Å². The average Bonchev–Trinajstić information content (AvgIpc) is 2.92. The summed E-state index contributed by atoms with van der Waals surface area (Å²) in [5, 5.41) is 11.5. The number of amides is 2. The van der Waals surface area contributed by atoms with Gasteiger partial charge in [0.15, 0.2) is 0 Å². The minimum atomic E-state index is -0.998. The predicted octanol–water partition coefficient (Wildman–Crippen LogP) is 6.67. The zero-order chi connectivity index (χ0) is 44.3. The van der Waals surface area contributed by atoms with Gasteiger partial charge in [0.2, 0.25) is 0 Å². The highest BCUT2D eigenvalue weighted by Crippen LogP contribution is 2.23. The van der Waals surface area contributed by atoms with Crippen LogP contribution in [0, 0.1) is 16.2 Å². The number of halogens is 1. The van der Waals surface area contributed by atoms with Crippen LogP contribution < -0.4 is 38.5 Å². The molecule has 14 heteroatoms. The van der Waals surface area contributed by atoms with E-state index in [2.05, 4.69) is 49.0 Å². The summed E-state index contributed by atoms with van der Waals surface area (Å²) in [7, 11) is 0. The first-order valence-corrected chi connectivity index (χ1v) is 18.9. The van der Waals surface area contributed by atoms with Crippen LogP contribution in [0.3, 0.4) is 0 Å². The molecule has 326 valence electrons. The quantitative estimate of drug-likeness (QED) is 0.128. The normalized spacial score (nSPS) is 18.1. The van der Waals surface area contributed by atoms with Crippen molar-refractivity contribution in [3.05, 3.63) is 0 Å². The van der Waals surface area contributed by atoms with Crippen LogP contribution in [0.4, 0.5) is 9.59 Å². The first kappa shape index (κ1) is 54.5. The summed E-state index contributed by atoms with van der Waals surface area (Å²) in [5.74, 6) is 0.548. The Morgan fingerprint density at radius 1 is 0.796 bits per heavy atom. The lowest BCUT2D eigenvalue weighted by Gasteiger charge is -2.29. The summed E-state index contributed by atoms with van der Waals surface area (Å²) in [5.41, 5.74) is 14.8. The molecule has 2 aliphatic rings. The first-order valence-electron chi connectivity index (χ1n) is 19.9. The summed E-state index contributed by atoms with van der Waals surface area (Å²) in [6.07, 6.45) is 0.560. The molecular formula is C40H88IN7O6. The molecule has 0 aromatic carbocycles. The Kier molecular flexibility index (Phi) is 26.6. The Morgan fingerprint density at radius 2 is 1.22 bits per heavy atom. The largest absolute Gasteiger partial charge is 0.444 e. The van der Waals surface area contributed by atoms with E-state index in [1.807, 2.05) is 90.0 Å². The average molecular weight is 892 g/mol. The molecule has 0 aromatic heterocycles. The van der Waals surface area contributed by atoms with E-state index in [-0.39, 0.29) is 53.0 Å². The third-order valence-corrected chi connectivity index (χ3v) is 6.85. The monoisotopic (exact) mass is 892 g/mol. The molecule has 2 rings (SSSR count). The van der Waals surface area contributed by atoms with Gasteiger partial charge in [0, 0.05) is 67.2 Å². The molecule has 54 heavy (non-hydrogen) atoms. The van der Waals surface area contributed by atoms with Crippen molar-refractivity contribution in [1.82, 2.24) is 21.3 Å². The van der Waals surface area contributed by atoms with Crippen LogP contribution in [0.15, 0.2) is 0 Å². The van der Waals surface area contributed by atoms with E-state index >= 15 is 0 Å². The molecule has 2 aliphatic heterocycles. The summed E-state index contributed by atoms with van der Waals surface area (Å²) in [6, 6.07) is 0. The number of carbonyl (C=O) groups excluding carboxylic acids is 4. The van der Waals surface area contributed by atoms with Gasteiger partial charge in [0.1, 0.15) is 22.8 Å². The number of hydrogen-bond donors (Lipinski definition) is 7. The lowest BCUT2D eigenvalue weighted by atomic mass is 9.85. The number of Topliss-reactive ketones (excluding diaryl/α,β-unsaturated/α-hetero) is 2. The fourth-order valence-electron chi connectivity index (χ4n) is 4.11. The summed E-state index contributed by atoms with van der Waals surface area (Å²) in [6.45, 7) is 36.9. The zero-order valence-corrected chi connectivity index (χ0v) is 39.7. The molecule has 0 spiro atoms. The topological polar surface area (TPSA) is 213 Å². The van der Waals surface area contributed by atoms with E-state index in [0.29, 0.717) is 57.8 Å². The molecule has 0 aromatic rings. The van der Waals surface area contributed by atoms with Crippen molar-refractivity contribution in [1.29, 1.82) is 0 Å². The molecule has 10 N–H and O–H groups in total. The van der Waals surface area contributed by atoms with Crippen LogP contribution in [0.5, 0.6) is 0 Å². The van der Waals surface area contributed by atoms with Crippen LogP contribution in [-0.4, -0.2) is 91.8 Å². The van der Waals surface area contributed by atoms with Crippen molar-refractivity contribution < 1.29 is 32.8 Å². The number of alkyl carbamates (subject to hydrolysis) is 2. The lowest BCUT2D eigenvalue weighted by Crippen LogP contribution is -2.46. The Morgan fingerprint density at radius 3 is 1.50 bits per heavy atom. The van der Waals surface area contributed by atoms with Crippen molar-refractivity contribution in [2.45, 2.75) is 172 Å². The summed E-state index contributed by atoms with van der Waals surface area (Å²) >= 11 is 0. The molecule has 0 aliphatic carbocycles. The second-order valence-electron chi connectivity index (χ2n) is 19.8. The standard InChI is InChI=1S/C13H25NO3.C9H20N2O2.C7H13NO.C7H15N.C4H12N2.HI.H2/c1-7-10(15)8-13(5,6)9-14-11(16)17-12(2,3)4;1-8(2,3)13-7(12)11-6-9(4,5)10;1-7(2)3-6(9)4-8-5-7;1-7(2)4-3-5-8-6-7;1-4(2,6)3-5;;/h7-9H2,1-6H3,(H,14,16);6,10H2,1-5H3,(H,11,12);8H,3-5H2,1-2H3;8H,3-6H2,1-2H3;3,5-6H2,1-2H3;2*1H/i;;;3D2;;;. The Hall–Kier alpha value is -1.59. The molecule has 0 bridgehead atoms. The highest BCUT2D eigenvalue weighted by Gasteiger charge is 2.26. The molecule has 13 nitrogen and oxygen atoms in total. The number of nitrogens with one attached hydrogen (secondary N) is 4. The van der Waals surface area contributed by atoms with Crippen molar-refractivity contribution in [2.24, 2.45) is 33.4 Å². The Bertz CT molecular complexity index is 1150. The number of hydrogen-bond acceptors (Lipinski definition) is 11. The van der Waals surface area contributed by atoms with E-state index in [1.54, 1.807) is 0 Å². The highest BCUT2D eigenvalue weighted by atomic mass is 127. The van der Waals surface area contributed by atoms with Gasteiger partial charge >= 0.3 is 12.2 Å². The maximum absolute atomic E-state index is 11.4. The molecule has 2 heterocycles. The van der Waals surface area contributed by atoms with Gasteiger partial charge in [0.05, 0.1) is 6.54 Å². The molecule has 2 saturated heterocycles. The van der Waals surface area contributed by atoms with Gasteiger partial charge in [-0.2, -0.15) is 0 Å². The number of ketones is 2. The molecule has 0 radical (unpaired) electrons. The smallest absolute Gasteiger partial charge is 0.407 e. The number of nitrogens with two attached hydrogens (primary N) is 3. The Labute approximate surface area is 352 Å². The van der Waals surface area contributed by atoms with E-state index < -0.39 is 35.3 Å². The molecule has 2 amide bonds. The molecule has 0 unspecified atom stereocenters. The second-order valence-corrected chi connectivity index (χ2v) is 19.8. The van der Waals surface area contributed by atoms with Gasteiger partial charge < -0.3 is 47.9 Å². The van der Waals surface area contributed by atoms with Gasteiger partial charge in [-0.3, -0.25) is 9.59 Å². The van der Waals surface area contributed by atoms with Crippen molar-refractivity contribution in [2.75, 3.05) is 45.8 Å². The summed E-state index contributed by atoms with van der Waals surface area (Å²) < 4.78 is 25.1. The van der Waals surface area contributed by atoms with Crippen molar-refractivity contribution in [3.63, 3.8) is 0 Å². The van der Waals surface area contributed by atoms with Gasteiger partial charge in [-0.1, -0.05) is 48.5 Å². The number of rotatable bonds is 8. The van der Waals surface area contributed by atoms with Crippen LogP contribution in [0.1, 0.15) is 154 Å². The van der Waals surface area contributed by atoms with Crippen molar-refractivity contribution >= 4 is 47.7 Å². The molecule has 2 fully saturated rings. The lowest BCUT2D eigenvalue weighted by molar-refractivity contribution is -0.122. The highest BCUT2D eigenvalue weighted by molar-refractivity contribution is 14.0. The summed E-state index contributed by atoms with van der Waals surface area (Å²) in [4.78, 5) is 44.7. The third-order valence-electron chi connectivity index (χ3n) is 6.85. The third kappa shape index (κ3) is 44.8. The van der Waals surface area contributed by atoms with E-state index in [0.717, 1.165) is 19.5 Å². The molecule has 0 saturated carbocycles. The first-order chi connectivity index (χ1) is 24.2. The maximum atomic E-state index is 11.4. The minimum Gasteiger partial charge on any atom is -0.444 e. The Balaban J connectivity index is -0.000000203. The molecular weight excluding hydrogens is 801 g/mol. The van der Waals surface area contributed by atoms with Crippen LogP contribution >= 0.6 is 24.0 Å². The maximum Gasteiger partial charge on any atom is 0.407 e. The second kappa shape index (κ2) is 26.4. The van der Waals surface area contributed by atoms with Crippen LogP contribution in [0.2, 0.25) is 0 Å².